The fourth-order valence-corrected chi connectivity index (χ4v) is 2.32. The number of carbonyl (C=O) groups is 1. The molecule has 23 heavy (non-hydrogen) atoms. The van der Waals surface area contributed by atoms with E-state index in [1.165, 1.54) is 6.07 Å². The van der Waals surface area contributed by atoms with E-state index >= 15 is 0 Å². The Balaban J connectivity index is 0.00000242. The number of halogens is 3. The van der Waals surface area contributed by atoms with Crippen molar-refractivity contribution in [3.8, 4) is 0 Å². The number of imidazole rings is 1. The third kappa shape index (κ3) is 5.06. The largest absolute Gasteiger partial charge is 0.354 e. The Bertz CT molecular complexity index is 648. The van der Waals surface area contributed by atoms with Gasteiger partial charge in [0, 0.05) is 20.0 Å². The highest BCUT2D eigenvalue weighted by Crippen LogP contribution is 2.17. The van der Waals surface area contributed by atoms with Crippen molar-refractivity contribution in [1.82, 2.24) is 14.9 Å². The lowest BCUT2D eigenvalue weighted by Gasteiger charge is -2.10. The summed E-state index contributed by atoms with van der Waals surface area (Å²) in [6.07, 6.45) is 2.08. The van der Waals surface area contributed by atoms with Gasteiger partial charge in [0.15, 0.2) is 5.82 Å². The van der Waals surface area contributed by atoms with Crippen LogP contribution in [0.2, 0.25) is 0 Å². The average Bonchev–Trinajstić information content (AvgIpc) is 2.78. The summed E-state index contributed by atoms with van der Waals surface area (Å²) in [5.74, 6) is 0.254. The Morgan fingerprint density at radius 3 is 2.74 bits per heavy atom. The van der Waals surface area contributed by atoms with E-state index in [0.29, 0.717) is 24.9 Å². The molecule has 0 radical (unpaired) electrons. The molecule has 3 N–H and O–H groups in total. The number of rotatable bonds is 6. The molecular weight excluding hydrogens is 342 g/mol. The molecule has 0 fully saturated rings. The number of hydrogen-bond donors (Lipinski definition) is 2. The first-order valence-electron chi connectivity index (χ1n) is 7.17. The van der Waals surface area contributed by atoms with Gasteiger partial charge < -0.3 is 15.6 Å². The zero-order valence-electron chi connectivity index (χ0n) is 13.2. The number of fused-ring (bicyclic) bond motifs is 1. The molecule has 0 aliphatic heterocycles. The summed E-state index contributed by atoms with van der Waals surface area (Å²) >= 11 is 0. The summed E-state index contributed by atoms with van der Waals surface area (Å²) in [7, 11) is 1.84. The van der Waals surface area contributed by atoms with Crippen LogP contribution in [-0.4, -0.2) is 28.0 Å². The van der Waals surface area contributed by atoms with Gasteiger partial charge in [-0.2, -0.15) is 0 Å². The minimum absolute atomic E-state index is 0. The van der Waals surface area contributed by atoms with Gasteiger partial charge in [-0.25, -0.2) is 9.37 Å². The second-order valence-electron chi connectivity index (χ2n) is 5.13. The molecule has 2 aromatic rings. The Labute approximate surface area is 147 Å². The van der Waals surface area contributed by atoms with Crippen LogP contribution in [0.25, 0.3) is 11.0 Å². The Morgan fingerprint density at radius 1 is 1.43 bits per heavy atom. The van der Waals surface area contributed by atoms with Crippen LogP contribution >= 0.6 is 24.8 Å². The number of nitrogens with one attached hydrogen (secondary N) is 1. The number of nitrogens with zero attached hydrogens (tertiary/aromatic N) is 2. The number of benzene rings is 1. The van der Waals surface area contributed by atoms with Crippen molar-refractivity contribution in [2.45, 2.75) is 32.2 Å². The number of carbonyl (C=O) groups excluding carboxylic acids is 1. The van der Waals surface area contributed by atoms with E-state index in [-0.39, 0.29) is 36.5 Å². The predicted octanol–water partition coefficient (Wildman–Crippen LogP) is 2.34. The number of aromatic nitrogens is 2. The number of para-hydroxylation sites is 1. The Morgan fingerprint density at radius 2 is 2.13 bits per heavy atom. The Hall–Kier alpha value is -1.37. The number of hydrogen-bond acceptors (Lipinski definition) is 3. The van der Waals surface area contributed by atoms with Crippen LogP contribution in [0.15, 0.2) is 18.2 Å². The predicted molar refractivity (Wildman–Crippen MR) is 94.8 cm³/mol. The molecule has 2 rings (SSSR count). The van der Waals surface area contributed by atoms with Gasteiger partial charge in [-0.3, -0.25) is 4.79 Å². The molecule has 1 aromatic carbocycles. The normalized spacial score (nSPS) is 11.5. The second-order valence-corrected chi connectivity index (χ2v) is 5.13. The molecule has 1 amide bonds. The summed E-state index contributed by atoms with van der Waals surface area (Å²) in [6.45, 7) is 2.43. The molecule has 5 nitrogen and oxygen atoms in total. The second kappa shape index (κ2) is 9.70. The molecule has 0 saturated heterocycles. The molecule has 0 aliphatic carbocycles. The highest BCUT2D eigenvalue weighted by molar-refractivity contribution is 5.85. The van der Waals surface area contributed by atoms with E-state index < -0.39 is 6.04 Å². The molecule has 1 unspecified atom stereocenters. The van der Waals surface area contributed by atoms with Crippen molar-refractivity contribution in [2.75, 3.05) is 6.54 Å². The van der Waals surface area contributed by atoms with Gasteiger partial charge in [-0.05, 0) is 18.6 Å². The van der Waals surface area contributed by atoms with Gasteiger partial charge in [0.05, 0.1) is 11.6 Å². The number of nitrogens with two attached hydrogens (primary N) is 1. The van der Waals surface area contributed by atoms with Crippen LogP contribution in [0.3, 0.4) is 0 Å². The summed E-state index contributed by atoms with van der Waals surface area (Å²) in [5.41, 5.74) is 6.85. The molecule has 8 heteroatoms. The van der Waals surface area contributed by atoms with Crippen molar-refractivity contribution in [1.29, 1.82) is 0 Å². The SMILES string of the molecule is CCCC(N)C(=O)NCCc1nc2c(F)cccc2n1C.Cl.Cl. The lowest BCUT2D eigenvalue weighted by Crippen LogP contribution is -2.41. The molecule has 0 aliphatic rings. The first-order chi connectivity index (χ1) is 10.0. The van der Waals surface area contributed by atoms with Crippen LogP contribution in [0.5, 0.6) is 0 Å². The first kappa shape index (κ1) is 21.6. The van der Waals surface area contributed by atoms with Crippen molar-refractivity contribution in [3.05, 3.63) is 29.8 Å². The summed E-state index contributed by atoms with van der Waals surface area (Å²) in [6, 6.07) is 4.41. The van der Waals surface area contributed by atoms with E-state index in [0.717, 1.165) is 17.8 Å². The molecule has 0 spiro atoms. The zero-order chi connectivity index (χ0) is 15.4. The van der Waals surface area contributed by atoms with Crippen LogP contribution < -0.4 is 11.1 Å². The van der Waals surface area contributed by atoms with Crippen LogP contribution in [0.4, 0.5) is 4.39 Å². The van der Waals surface area contributed by atoms with Crippen molar-refractivity contribution < 1.29 is 9.18 Å². The first-order valence-corrected chi connectivity index (χ1v) is 7.17. The number of amides is 1. The van der Waals surface area contributed by atoms with E-state index in [1.807, 2.05) is 24.6 Å². The third-order valence-electron chi connectivity index (χ3n) is 3.54. The van der Waals surface area contributed by atoms with Gasteiger partial charge >= 0.3 is 0 Å². The van der Waals surface area contributed by atoms with E-state index in [9.17, 15) is 9.18 Å². The van der Waals surface area contributed by atoms with Crippen LogP contribution in [0, 0.1) is 5.82 Å². The van der Waals surface area contributed by atoms with Gasteiger partial charge in [-0.15, -0.1) is 24.8 Å². The van der Waals surface area contributed by atoms with Crippen molar-refractivity contribution >= 4 is 41.8 Å². The molecule has 130 valence electrons. The fourth-order valence-electron chi connectivity index (χ4n) is 2.32. The maximum atomic E-state index is 13.7. The summed E-state index contributed by atoms with van der Waals surface area (Å²) < 4.78 is 15.5. The lowest BCUT2D eigenvalue weighted by atomic mass is 10.1. The van der Waals surface area contributed by atoms with E-state index in [1.54, 1.807) is 6.07 Å². The maximum Gasteiger partial charge on any atom is 0.236 e. The standard InChI is InChI=1S/C15H21FN4O.2ClH/c1-3-5-11(17)15(21)18-9-8-13-19-14-10(16)6-4-7-12(14)20(13)2;;/h4,6-7,11H,3,5,8-9,17H2,1-2H3,(H,18,21);2*1H. The molecular formula is C15H23Cl2FN4O. The van der Waals surface area contributed by atoms with Crippen LogP contribution in [0.1, 0.15) is 25.6 Å². The zero-order valence-corrected chi connectivity index (χ0v) is 14.8. The maximum absolute atomic E-state index is 13.7. The highest BCUT2D eigenvalue weighted by Gasteiger charge is 2.13. The van der Waals surface area contributed by atoms with Gasteiger partial charge in [-0.1, -0.05) is 19.4 Å². The minimum Gasteiger partial charge on any atom is -0.354 e. The van der Waals surface area contributed by atoms with Crippen molar-refractivity contribution in [3.63, 3.8) is 0 Å². The summed E-state index contributed by atoms with van der Waals surface area (Å²) in [4.78, 5) is 16.0. The number of aryl methyl sites for hydroxylation is 1. The molecule has 0 bridgehead atoms. The summed E-state index contributed by atoms with van der Waals surface area (Å²) in [5, 5.41) is 2.79. The minimum atomic E-state index is -0.465. The lowest BCUT2D eigenvalue weighted by molar-refractivity contribution is -0.122. The van der Waals surface area contributed by atoms with Gasteiger partial charge in [0.1, 0.15) is 11.3 Å². The van der Waals surface area contributed by atoms with E-state index in [2.05, 4.69) is 10.3 Å². The quantitative estimate of drug-likeness (QED) is 0.825. The molecule has 0 saturated carbocycles. The van der Waals surface area contributed by atoms with E-state index in [4.69, 9.17) is 5.73 Å². The Kier molecular flexibility index (Phi) is 9.12. The monoisotopic (exact) mass is 364 g/mol. The highest BCUT2D eigenvalue weighted by atomic mass is 35.5. The van der Waals surface area contributed by atoms with Crippen LogP contribution in [-0.2, 0) is 18.3 Å². The smallest absolute Gasteiger partial charge is 0.236 e. The average molecular weight is 365 g/mol. The van der Waals surface area contributed by atoms with Gasteiger partial charge in [0.25, 0.3) is 0 Å². The molecule has 1 atom stereocenters. The van der Waals surface area contributed by atoms with Crippen molar-refractivity contribution in [2.24, 2.45) is 12.8 Å². The molecule has 1 aromatic heterocycles. The third-order valence-corrected chi connectivity index (χ3v) is 3.54. The van der Waals surface area contributed by atoms with Gasteiger partial charge in [0.2, 0.25) is 5.91 Å². The fraction of sp³-hybridized carbons (Fsp3) is 0.467. The topological polar surface area (TPSA) is 72.9 Å². The molecule has 1 heterocycles.